The number of hydrogen-bond acceptors (Lipinski definition) is 3. The van der Waals surface area contributed by atoms with E-state index in [0.29, 0.717) is 13.1 Å². The highest BCUT2D eigenvalue weighted by atomic mass is 32.2. The van der Waals surface area contributed by atoms with Gasteiger partial charge in [-0.15, -0.1) is 0 Å². The molecule has 0 aliphatic heterocycles. The lowest BCUT2D eigenvalue weighted by Gasteiger charge is -2.21. The lowest BCUT2D eigenvalue weighted by molar-refractivity contribution is 0.501. The van der Waals surface area contributed by atoms with Gasteiger partial charge in [0, 0.05) is 6.54 Å². The highest BCUT2D eigenvalue weighted by molar-refractivity contribution is 7.90. The van der Waals surface area contributed by atoms with Gasteiger partial charge in [-0.2, -0.15) is 0 Å². The molecule has 14 heavy (non-hydrogen) atoms. The van der Waals surface area contributed by atoms with Crippen molar-refractivity contribution in [2.45, 2.75) is 38.9 Å². The maximum absolute atomic E-state index is 11.6. The molecule has 0 spiro atoms. The molecule has 0 fully saturated rings. The van der Waals surface area contributed by atoms with Gasteiger partial charge < -0.3 is 5.73 Å². The molecule has 0 rings (SSSR count). The Balaban J connectivity index is 4.14. The van der Waals surface area contributed by atoms with E-state index in [9.17, 15) is 8.42 Å². The number of sulfonamides is 1. The van der Waals surface area contributed by atoms with Crippen LogP contribution < -0.4 is 10.5 Å². The molecule has 0 aliphatic rings. The minimum absolute atomic E-state index is 0.289. The summed E-state index contributed by atoms with van der Waals surface area (Å²) in [4.78, 5) is 0. The van der Waals surface area contributed by atoms with Crippen LogP contribution in [0.3, 0.4) is 0 Å². The van der Waals surface area contributed by atoms with Gasteiger partial charge in [-0.05, 0) is 39.7 Å². The van der Waals surface area contributed by atoms with Crippen LogP contribution in [0.1, 0.15) is 34.1 Å². The molecule has 0 radical (unpaired) electrons. The summed E-state index contributed by atoms with van der Waals surface area (Å²) in [6.07, 6.45) is 0.840. The summed E-state index contributed by atoms with van der Waals surface area (Å²) in [5.74, 6) is 0.289. The van der Waals surface area contributed by atoms with Crippen molar-refractivity contribution in [2.75, 3.05) is 13.1 Å². The molecule has 0 saturated carbocycles. The zero-order chi connectivity index (χ0) is 11.4. The van der Waals surface area contributed by atoms with Crippen molar-refractivity contribution in [3.05, 3.63) is 0 Å². The van der Waals surface area contributed by atoms with Gasteiger partial charge in [-0.1, -0.05) is 6.92 Å². The first kappa shape index (κ1) is 13.9. The van der Waals surface area contributed by atoms with Crippen LogP contribution in [0.25, 0.3) is 0 Å². The molecule has 0 aromatic carbocycles. The van der Waals surface area contributed by atoms with Crippen LogP contribution in [0.2, 0.25) is 0 Å². The fourth-order valence-electron chi connectivity index (χ4n) is 0.855. The Hall–Kier alpha value is -0.130. The van der Waals surface area contributed by atoms with Crippen LogP contribution in [0.5, 0.6) is 0 Å². The third kappa shape index (κ3) is 4.39. The van der Waals surface area contributed by atoms with E-state index >= 15 is 0 Å². The highest BCUT2D eigenvalue weighted by Gasteiger charge is 2.28. The zero-order valence-electron chi connectivity index (χ0n) is 9.50. The minimum Gasteiger partial charge on any atom is -0.330 e. The number of nitrogens with two attached hydrogens (primary N) is 1. The van der Waals surface area contributed by atoms with Crippen molar-refractivity contribution in [2.24, 2.45) is 11.7 Å². The Kier molecular flexibility index (Phi) is 5.05. The Labute approximate surface area is 87.3 Å². The molecule has 0 bridgehead atoms. The molecule has 0 aromatic heterocycles. The van der Waals surface area contributed by atoms with Gasteiger partial charge in [0.15, 0.2) is 0 Å². The van der Waals surface area contributed by atoms with Gasteiger partial charge in [0.2, 0.25) is 10.0 Å². The molecule has 1 atom stereocenters. The van der Waals surface area contributed by atoms with E-state index in [1.54, 1.807) is 20.8 Å². The van der Waals surface area contributed by atoms with Crippen LogP contribution in [0.15, 0.2) is 0 Å². The lowest BCUT2D eigenvalue weighted by atomic mass is 10.1. The summed E-state index contributed by atoms with van der Waals surface area (Å²) in [5.41, 5.74) is 5.38. The molecule has 3 N–H and O–H groups in total. The maximum atomic E-state index is 11.6. The van der Waals surface area contributed by atoms with E-state index in [0.717, 1.165) is 6.42 Å². The fraction of sp³-hybridized carbons (Fsp3) is 1.00. The number of nitrogens with one attached hydrogen (secondary N) is 1. The van der Waals surface area contributed by atoms with E-state index in [2.05, 4.69) is 4.72 Å². The largest absolute Gasteiger partial charge is 0.330 e. The molecular weight excluding hydrogens is 200 g/mol. The van der Waals surface area contributed by atoms with E-state index in [-0.39, 0.29) is 5.92 Å². The van der Waals surface area contributed by atoms with Crippen LogP contribution in [-0.4, -0.2) is 26.3 Å². The van der Waals surface area contributed by atoms with E-state index in [1.807, 2.05) is 6.92 Å². The van der Waals surface area contributed by atoms with Gasteiger partial charge in [0.05, 0.1) is 4.75 Å². The number of rotatable bonds is 5. The van der Waals surface area contributed by atoms with Crippen molar-refractivity contribution >= 4 is 10.0 Å². The van der Waals surface area contributed by atoms with Gasteiger partial charge in [0.25, 0.3) is 0 Å². The third-order valence-corrected chi connectivity index (χ3v) is 4.25. The summed E-state index contributed by atoms with van der Waals surface area (Å²) >= 11 is 0. The second-order valence-corrected chi connectivity index (χ2v) is 7.17. The van der Waals surface area contributed by atoms with Gasteiger partial charge in [0.1, 0.15) is 0 Å². The quantitative estimate of drug-likeness (QED) is 0.719. The summed E-state index contributed by atoms with van der Waals surface area (Å²) in [7, 11) is -3.20. The normalized spacial score (nSPS) is 15.5. The van der Waals surface area contributed by atoms with Gasteiger partial charge in [-0.3, -0.25) is 0 Å². The lowest BCUT2D eigenvalue weighted by Crippen LogP contribution is -2.41. The third-order valence-electron chi connectivity index (χ3n) is 2.09. The Morgan fingerprint density at radius 2 is 1.86 bits per heavy atom. The van der Waals surface area contributed by atoms with Crippen LogP contribution in [-0.2, 0) is 10.0 Å². The summed E-state index contributed by atoms with van der Waals surface area (Å²) in [6.45, 7) is 8.10. The number of hydrogen-bond donors (Lipinski definition) is 2. The second-order valence-electron chi connectivity index (χ2n) is 4.65. The minimum atomic E-state index is -3.20. The second kappa shape index (κ2) is 5.09. The zero-order valence-corrected chi connectivity index (χ0v) is 10.3. The molecule has 0 aromatic rings. The maximum Gasteiger partial charge on any atom is 0.216 e. The summed E-state index contributed by atoms with van der Waals surface area (Å²) in [5, 5.41) is 0. The van der Waals surface area contributed by atoms with E-state index in [4.69, 9.17) is 5.73 Å². The first-order valence-corrected chi connectivity index (χ1v) is 6.38. The first-order valence-electron chi connectivity index (χ1n) is 4.90. The fourth-order valence-corrected chi connectivity index (χ4v) is 1.79. The SMILES string of the molecule is CC(CCN)CNS(=O)(=O)C(C)(C)C. The van der Waals surface area contributed by atoms with Crippen molar-refractivity contribution in [3.63, 3.8) is 0 Å². The predicted octanol–water partition coefficient (Wildman–Crippen LogP) is 0.689. The first-order chi connectivity index (χ1) is 6.20. The van der Waals surface area contributed by atoms with Crippen molar-refractivity contribution in [3.8, 4) is 0 Å². The van der Waals surface area contributed by atoms with Crippen molar-refractivity contribution < 1.29 is 8.42 Å². The topological polar surface area (TPSA) is 72.2 Å². The van der Waals surface area contributed by atoms with Gasteiger partial charge >= 0.3 is 0 Å². The van der Waals surface area contributed by atoms with Gasteiger partial charge in [-0.25, -0.2) is 13.1 Å². The standard InChI is InChI=1S/C9H22N2O2S/c1-8(5-6-10)7-11-14(12,13)9(2,3)4/h8,11H,5-7,10H2,1-4H3. The predicted molar refractivity (Wildman–Crippen MR) is 59.5 cm³/mol. The molecule has 0 amide bonds. The van der Waals surface area contributed by atoms with E-state index < -0.39 is 14.8 Å². The van der Waals surface area contributed by atoms with Crippen molar-refractivity contribution in [1.82, 2.24) is 4.72 Å². The van der Waals surface area contributed by atoms with Crippen LogP contribution in [0.4, 0.5) is 0 Å². The molecular formula is C9H22N2O2S. The smallest absolute Gasteiger partial charge is 0.216 e. The highest BCUT2D eigenvalue weighted by Crippen LogP contribution is 2.13. The molecule has 5 heteroatoms. The molecule has 0 saturated heterocycles. The van der Waals surface area contributed by atoms with E-state index in [1.165, 1.54) is 0 Å². The Bertz CT molecular complexity index is 254. The molecule has 1 unspecified atom stereocenters. The summed E-state index contributed by atoms with van der Waals surface area (Å²) in [6, 6.07) is 0. The average Bonchev–Trinajstić information content (AvgIpc) is 1.99. The molecule has 0 aliphatic carbocycles. The monoisotopic (exact) mass is 222 g/mol. The summed E-state index contributed by atoms with van der Waals surface area (Å²) < 4.78 is 25.1. The molecule has 4 nitrogen and oxygen atoms in total. The Morgan fingerprint density at radius 3 is 2.21 bits per heavy atom. The molecule has 86 valence electrons. The van der Waals surface area contributed by atoms with Crippen molar-refractivity contribution in [1.29, 1.82) is 0 Å². The molecule has 0 heterocycles. The van der Waals surface area contributed by atoms with Crippen LogP contribution in [0, 0.1) is 5.92 Å². The van der Waals surface area contributed by atoms with Crippen LogP contribution >= 0.6 is 0 Å². The average molecular weight is 222 g/mol. The Morgan fingerprint density at radius 1 is 1.36 bits per heavy atom.